The van der Waals surface area contributed by atoms with Gasteiger partial charge in [-0.3, -0.25) is 14.2 Å². The Kier molecular flexibility index (Phi) is 9.02. The molecule has 2 aromatic rings. The molecular formula is C25H31N2O6P. The lowest BCUT2D eigenvalue weighted by atomic mass is 10.1. The zero-order chi connectivity index (χ0) is 24.6. The van der Waals surface area contributed by atoms with Crippen LogP contribution in [0.3, 0.4) is 0 Å². The van der Waals surface area contributed by atoms with E-state index in [0.717, 1.165) is 5.56 Å². The summed E-state index contributed by atoms with van der Waals surface area (Å²) in [5.41, 5.74) is 1.42. The SMILES string of the molecule is CCOP(=O)(CC(=O)N1CCC[C@H]1C(=O)O)CC(Cc1ccccc1)NC(=O)c1ccccc1. The number of amides is 2. The van der Waals surface area contributed by atoms with Crippen LogP contribution in [0.1, 0.15) is 35.7 Å². The summed E-state index contributed by atoms with van der Waals surface area (Å²) in [6.07, 6.45) is 0.948. The smallest absolute Gasteiger partial charge is 0.326 e. The lowest BCUT2D eigenvalue weighted by Crippen LogP contribution is -2.43. The van der Waals surface area contributed by atoms with Crippen molar-refractivity contribution in [3.8, 4) is 0 Å². The summed E-state index contributed by atoms with van der Waals surface area (Å²) < 4.78 is 19.4. The van der Waals surface area contributed by atoms with Crippen LogP contribution in [0.4, 0.5) is 0 Å². The molecule has 0 saturated carbocycles. The van der Waals surface area contributed by atoms with E-state index >= 15 is 0 Å². The first-order valence-electron chi connectivity index (χ1n) is 11.5. The number of carbonyl (C=O) groups is 3. The summed E-state index contributed by atoms with van der Waals surface area (Å²) >= 11 is 0. The van der Waals surface area contributed by atoms with Gasteiger partial charge in [0.15, 0.2) is 0 Å². The largest absolute Gasteiger partial charge is 0.480 e. The normalized spacial score (nSPS) is 18.1. The number of rotatable bonds is 11. The van der Waals surface area contributed by atoms with E-state index in [0.29, 0.717) is 31.4 Å². The molecule has 0 aromatic heterocycles. The van der Waals surface area contributed by atoms with E-state index in [-0.39, 0.29) is 18.7 Å². The maximum atomic E-state index is 13.8. The Morgan fingerprint density at radius 3 is 2.38 bits per heavy atom. The molecule has 3 atom stereocenters. The molecule has 34 heavy (non-hydrogen) atoms. The Bertz CT molecular complexity index is 1030. The second-order valence-electron chi connectivity index (χ2n) is 8.38. The summed E-state index contributed by atoms with van der Waals surface area (Å²) in [4.78, 5) is 38.6. The number of hydrogen-bond acceptors (Lipinski definition) is 5. The molecule has 0 bridgehead atoms. The molecule has 1 aliphatic rings. The Morgan fingerprint density at radius 1 is 1.12 bits per heavy atom. The van der Waals surface area contributed by atoms with Crippen LogP contribution in [0.5, 0.6) is 0 Å². The minimum Gasteiger partial charge on any atom is -0.480 e. The van der Waals surface area contributed by atoms with Crippen LogP contribution >= 0.6 is 7.37 Å². The van der Waals surface area contributed by atoms with Gasteiger partial charge in [-0.1, -0.05) is 48.5 Å². The van der Waals surface area contributed by atoms with Crippen LogP contribution in [0.15, 0.2) is 60.7 Å². The molecule has 2 N–H and O–H groups in total. The molecule has 2 unspecified atom stereocenters. The molecule has 1 saturated heterocycles. The zero-order valence-electron chi connectivity index (χ0n) is 19.3. The molecule has 9 heteroatoms. The molecule has 0 aliphatic carbocycles. The third-order valence-corrected chi connectivity index (χ3v) is 8.27. The van der Waals surface area contributed by atoms with Gasteiger partial charge in [0, 0.05) is 24.3 Å². The minimum absolute atomic E-state index is 0.0361. The fourth-order valence-electron chi connectivity index (χ4n) is 4.27. The number of carboxylic acids is 1. The second-order valence-corrected chi connectivity index (χ2v) is 11.0. The number of likely N-dealkylation sites (tertiary alicyclic amines) is 1. The number of carboxylic acid groups (broad SMARTS) is 1. The van der Waals surface area contributed by atoms with E-state index in [9.17, 15) is 24.1 Å². The summed E-state index contributed by atoms with van der Waals surface area (Å²) in [7, 11) is -3.52. The fourth-order valence-corrected chi connectivity index (χ4v) is 6.55. The van der Waals surface area contributed by atoms with Crippen LogP contribution in [-0.2, 0) is 25.1 Å². The van der Waals surface area contributed by atoms with Gasteiger partial charge in [-0.05, 0) is 43.9 Å². The summed E-state index contributed by atoms with van der Waals surface area (Å²) in [6.45, 7) is 2.15. The van der Waals surface area contributed by atoms with Gasteiger partial charge >= 0.3 is 5.97 Å². The standard InChI is InChI=1S/C25H31N2O6P/c1-2-33-34(32,18-23(28)27-15-9-14-22(27)25(30)31)17-21(16-19-10-5-3-6-11-19)26-24(29)20-12-7-4-8-13-20/h3-8,10-13,21-22H,2,9,14-18H2,1H3,(H,26,29)(H,30,31)/t21?,22-,34?/m0/s1. The first-order valence-corrected chi connectivity index (χ1v) is 13.5. The summed E-state index contributed by atoms with van der Waals surface area (Å²) in [5, 5.41) is 12.4. The average Bonchev–Trinajstić information content (AvgIpc) is 3.31. The van der Waals surface area contributed by atoms with Gasteiger partial charge in [0.2, 0.25) is 13.3 Å². The molecule has 0 radical (unpaired) electrons. The highest BCUT2D eigenvalue weighted by atomic mass is 31.2. The minimum atomic E-state index is -3.52. The van der Waals surface area contributed by atoms with Crippen molar-refractivity contribution in [1.29, 1.82) is 0 Å². The van der Waals surface area contributed by atoms with Gasteiger partial charge < -0.3 is 19.8 Å². The van der Waals surface area contributed by atoms with Crippen molar-refractivity contribution in [1.82, 2.24) is 10.2 Å². The van der Waals surface area contributed by atoms with Crippen molar-refractivity contribution in [3.05, 3.63) is 71.8 Å². The van der Waals surface area contributed by atoms with Crippen molar-refractivity contribution >= 4 is 25.2 Å². The average molecular weight is 487 g/mol. The summed E-state index contributed by atoms with van der Waals surface area (Å²) in [6, 6.07) is 16.8. The van der Waals surface area contributed by atoms with Gasteiger partial charge in [0.05, 0.1) is 6.61 Å². The lowest BCUT2D eigenvalue weighted by molar-refractivity contribution is -0.147. The molecule has 1 fully saturated rings. The maximum Gasteiger partial charge on any atom is 0.326 e. The molecule has 2 aromatic carbocycles. The highest BCUT2D eigenvalue weighted by Gasteiger charge is 2.38. The Hall–Kier alpha value is -2.96. The predicted octanol–water partition coefficient (Wildman–Crippen LogP) is 3.42. The quantitative estimate of drug-likeness (QED) is 0.471. The molecule has 182 valence electrons. The molecular weight excluding hydrogens is 455 g/mol. The van der Waals surface area contributed by atoms with Crippen molar-refractivity contribution < 1.29 is 28.6 Å². The third kappa shape index (κ3) is 7.02. The van der Waals surface area contributed by atoms with E-state index in [1.165, 1.54) is 4.90 Å². The van der Waals surface area contributed by atoms with Gasteiger partial charge in [0.1, 0.15) is 12.2 Å². The first kappa shape index (κ1) is 25.7. The zero-order valence-corrected chi connectivity index (χ0v) is 20.2. The molecule has 8 nitrogen and oxygen atoms in total. The number of nitrogens with zero attached hydrogens (tertiary/aromatic N) is 1. The number of carbonyl (C=O) groups excluding carboxylic acids is 2. The van der Waals surface area contributed by atoms with Crippen molar-refractivity contribution in [3.63, 3.8) is 0 Å². The topological polar surface area (TPSA) is 113 Å². The van der Waals surface area contributed by atoms with Crippen LogP contribution in [0, 0.1) is 0 Å². The van der Waals surface area contributed by atoms with E-state index in [2.05, 4.69) is 5.32 Å². The number of benzene rings is 2. The molecule has 3 rings (SSSR count). The van der Waals surface area contributed by atoms with Crippen molar-refractivity contribution in [2.45, 2.75) is 38.3 Å². The monoisotopic (exact) mass is 486 g/mol. The third-order valence-electron chi connectivity index (χ3n) is 5.79. The second kappa shape index (κ2) is 12.0. The van der Waals surface area contributed by atoms with Crippen LogP contribution in [0.25, 0.3) is 0 Å². The van der Waals surface area contributed by atoms with Gasteiger partial charge in [-0.15, -0.1) is 0 Å². The fraction of sp³-hybridized carbons (Fsp3) is 0.400. The van der Waals surface area contributed by atoms with E-state index in [1.807, 2.05) is 36.4 Å². The molecule has 2 amide bonds. The first-order chi connectivity index (χ1) is 16.3. The Balaban J connectivity index is 1.79. The van der Waals surface area contributed by atoms with Crippen LogP contribution < -0.4 is 5.32 Å². The number of nitrogens with one attached hydrogen (secondary N) is 1. The van der Waals surface area contributed by atoms with E-state index < -0.39 is 37.5 Å². The highest BCUT2D eigenvalue weighted by Crippen LogP contribution is 2.48. The lowest BCUT2D eigenvalue weighted by Gasteiger charge is -2.27. The van der Waals surface area contributed by atoms with Gasteiger partial charge in [-0.25, -0.2) is 4.79 Å². The van der Waals surface area contributed by atoms with Crippen LogP contribution in [0.2, 0.25) is 0 Å². The predicted molar refractivity (Wildman–Crippen MR) is 129 cm³/mol. The molecule has 0 spiro atoms. The van der Waals surface area contributed by atoms with Gasteiger partial charge in [0.25, 0.3) is 5.91 Å². The highest BCUT2D eigenvalue weighted by molar-refractivity contribution is 7.60. The summed E-state index contributed by atoms with van der Waals surface area (Å²) in [5.74, 6) is -1.86. The molecule has 1 heterocycles. The Morgan fingerprint density at radius 2 is 1.76 bits per heavy atom. The number of aliphatic carboxylic acids is 1. The van der Waals surface area contributed by atoms with Crippen LogP contribution in [-0.4, -0.2) is 65.3 Å². The molecule has 1 aliphatic heterocycles. The van der Waals surface area contributed by atoms with Crippen molar-refractivity contribution in [2.24, 2.45) is 0 Å². The van der Waals surface area contributed by atoms with E-state index in [4.69, 9.17) is 4.52 Å². The van der Waals surface area contributed by atoms with Gasteiger partial charge in [-0.2, -0.15) is 0 Å². The van der Waals surface area contributed by atoms with Crippen molar-refractivity contribution in [2.75, 3.05) is 25.5 Å². The van der Waals surface area contributed by atoms with E-state index in [1.54, 1.807) is 31.2 Å². The number of hydrogen-bond donors (Lipinski definition) is 2. The maximum absolute atomic E-state index is 13.8. The Labute approximate surface area is 199 Å².